The lowest BCUT2D eigenvalue weighted by Gasteiger charge is -2.12. The molecule has 94 valence electrons. The molecule has 4 nitrogen and oxygen atoms in total. The number of nitrogens with one attached hydrogen (secondary N) is 1. The Hall–Kier alpha value is -1.42. The van der Waals surface area contributed by atoms with Crippen molar-refractivity contribution in [2.45, 2.75) is 26.3 Å². The average Bonchev–Trinajstić information content (AvgIpc) is 2.27. The van der Waals surface area contributed by atoms with Gasteiger partial charge in [0, 0.05) is 11.7 Å². The molecule has 0 saturated carbocycles. The van der Waals surface area contributed by atoms with Crippen LogP contribution in [-0.4, -0.2) is 18.6 Å². The normalized spacial score (nSPS) is 11.9. The fraction of sp³-hybridized carbons (Fsp3) is 0.417. The Morgan fingerprint density at radius 1 is 1.59 bits per heavy atom. The minimum absolute atomic E-state index is 0.0476. The predicted octanol–water partition coefficient (Wildman–Crippen LogP) is 2.22. The van der Waals surface area contributed by atoms with Gasteiger partial charge in [0.25, 0.3) is 5.91 Å². The third-order valence-corrected chi connectivity index (χ3v) is 2.63. The van der Waals surface area contributed by atoms with Crippen LogP contribution in [-0.2, 0) is 4.79 Å². The molecule has 0 radical (unpaired) electrons. The van der Waals surface area contributed by atoms with Crippen molar-refractivity contribution in [3.8, 4) is 5.75 Å². The van der Waals surface area contributed by atoms with E-state index in [4.69, 9.17) is 22.1 Å². The van der Waals surface area contributed by atoms with Crippen LogP contribution in [0.15, 0.2) is 18.2 Å². The number of anilines is 1. The molecule has 0 bridgehead atoms. The summed E-state index contributed by atoms with van der Waals surface area (Å²) in [6.07, 6.45) is 0.883. The molecule has 0 aliphatic rings. The summed E-state index contributed by atoms with van der Waals surface area (Å²) in [7, 11) is 0. The fourth-order valence-corrected chi connectivity index (χ4v) is 1.44. The molecule has 0 saturated heterocycles. The van der Waals surface area contributed by atoms with Crippen molar-refractivity contribution in [2.75, 3.05) is 12.3 Å². The molecule has 0 aliphatic carbocycles. The van der Waals surface area contributed by atoms with Crippen LogP contribution >= 0.6 is 11.6 Å². The van der Waals surface area contributed by atoms with Crippen LogP contribution in [0.5, 0.6) is 5.75 Å². The van der Waals surface area contributed by atoms with Crippen LogP contribution in [0.3, 0.4) is 0 Å². The fourth-order valence-electron chi connectivity index (χ4n) is 1.20. The highest BCUT2D eigenvalue weighted by Gasteiger charge is 2.08. The number of rotatable bonds is 5. The van der Waals surface area contributed by atoms with Gasteiger partial charge in [-0.05, 0) is 31.5 Å². The number of hydrogen-bond donors (Lipinski definition) is 2. The summed E-state index contributed by atoms with van der Waals surface area (Å²) in [6.45, 7) is 3.89. The molecular formula is C12H17ClN2O2. The molecule has 0 aliphatic heterocycles. The molecule has 1 unspecified atom stereocenters. The first kappa shape index (κ1) is 13.6. The Morgan fingerprint density at radius 2 is 2.29 bits per heavy atom. The SMILES string of the molecule is CCC(C)NC(=O)COc1ccc(N)cc1Cl. The van der Waals surface area contributed by atoms with Crippen molar-refractivity contribution in [3.05, 3.63) is 23.2 Å². The van der Waals surface area contributed by atoms with Crippen LogP contribution in [0.25, 0.3) is 0 Å². The highest BCUT2D eigenvalue weighted by molar-refractivity contribution is 6.32. The van der Waals surface area contributed by atoms with E-state index >= 15 is 0 Å². The second-order valence-corrected chi connectivity index (χ2v) is 4.26. The standard InChI is InChI=1S/C12H17ClN2O2/c1-3-8(2)15-12(16)7-17-11-5-4-9(14)6-10(11)13/h4-6,8H,3,7,14H2,1-2H3,(H,15,16). The molecule has 0 aromatic heterocycles. The van der Waals surface area contributed by atoms with E-state index in [9.17, 15) is 4.79 Å². The van der Waals surface area contributed by atoms with Crippen molar-refractivity contribution >= 4 is 23.2 Å². The molecule has 1 amide bonds. The highest BCUT2D eigenvalue weighted by atomic mass is 35.5. The molecule has 0 spiro atoms. The smallest absolute Gasteiger partial charge is 0.258 e. The maximum atomic E-state index is 11.5. The number of nitrogen functional groups attached to an aromatic ring is 1. The Labute approximate surface area is 106 Å². The first-order valence-electron chi connectivity index (χ1n) is 5.50. The van der Waals surface area contributed by atoms with Crippen molar-refractivity contribution in [1.29, 1.82) is 0 Å². The number of hydrogen-bond acceptors (Lipinski definition) is 3. The predicted molar refractivity (Wildman–Crippen MR) is 69.3 cm³/mol. The van der Waals surface area contributed by atoms with E-state index in [0.29, 0.717) is 16.5 Å². The van der Waals surface area contributed by atoms with Gasteiger partial charge in [0.05, 0.1) is 5.02 Å². The molecule has 17 heavy (non-hydrogen) atoms. The summed E-state index contributed by atoms with van der Waals surface area (Å²) in [4.78, 5) is 11.5. The van der Waals surface area contributed by atoms with Gasteiger partial charge in [0.2, 0.25) is 0 Å². The maximum Gasteiger partial charge on any atom is 0.258 e. The molecule has 0 fully saturated rings. The lowest BCUT2D eigenvalue weighted by atomic mass is 10.2. The monoisotopic (exact) mass is 256 g/mol. The lowest BCUT2D eigenvalue weighted by molar-refractivity contribution is -0.123. The van der Waals surface area contributed by atoms with Crippen molar-refractivity contribution < 1.29 is 9.53 Å². The molecule has 5 heteroatoms. The van der Waals surface area contributed by atoms with E-state index in [1.807, 2.05) is 13.8 Å². The van der Waals surface area contributed by atoms with Crippen molar-refractivity contribution in [2.24, 2.45) is 0 Å². The first-order chi connectivity index (χ1) is 8.02. The van der Waals surface area contributed by atoms with E-state index < -0.39 is 0 Å². The molecule has 3 N–H and O–H groups in total. The number of ether oxygens (including phenoxy) is 1. The van der Waals surface area contributed by atoms with E-state index in [2.05, 4.69) is 5.32 Å². The van der Waals surface area contributed by atoms with E-state index in [0.717, 1.165) is 6.42 Å². The number of nitrogens with two attached hydrogens (primary N) is 1. The van der Waals surface area contributed by atoms with Crippen LogP contribution in [0.1, 0.15) is 20.3 Å². The quantitative estimate of drug-likeness (QED) is 0.794. The second-order valence-electron chi connectivity index (χ2n) is 3.86. The Bertz CT molecular complexity index is 396. The first-order valence-corrected chi connectivity index (χ1v) is 5.88. The number of halogens is 1. The van der Waals surface area contributed by atoms with Gasteiger partial charge < -0.3 is 15.8 Å². The van der Waals surface area contributed by atoms with Gasteiger partial charge in [-0.3, -0.25) is 4.79 Å². The van der Waals surface area contributed by atoms with Gasteiger partial charge in [-0.1, -0.05) is 18.5 Å². The molecule has 1 aromatic carbocycles. The molecule has 1 aromatic rings. The minimum Gasteiger partial charge on any atom is -0.482 e. The molecule has 0 heterocycles. The Balaban J connectivity index is 2.47. The zero-order valence-electron chi connectivity index (χ0n) is 10.00. The number of carbonyl (C=O) groups excluding carboxylic acids is 1. The van der Waals surface area contributed by atoms with Gasteiger partial charge in [-0.15, -0.1) is 0 Å². The summed E-state index contributed by atoms with van der Waals surface area (Å²) < 4.78 is 5.30. The van der Waals surface area contributed by atoms with Gasteiger partial charge in [-0.2, -0.15) is 0 Å². The van der Waals surface area contributed by atoms with Crippen LogP contribution in [0.4, 0.5) is 5.69 Å². The van der Waals surface area contributed by atoms with Gasteiger partial charge >= 0.3 is 0 Å². The van der Waals surface area contributed by atoms with Gasteiger partial charge in [0.1, 0.15) is 5.75 Å². The lowest BCUT2D eigenvalue weighted by Crippen LogP contribution is -2.35. The zero-order chi connectivity index (χ0) is 12.8. The van der Waals surface area contributed by atoms with Crippen LogP contribution in [0.2, 0.25) is 5.02 Å². The van der Waals surface area contributed by atoms with Gasteiger partial charge in [-0.25, -0.2) is 0 Å². The van der Waals surface area contributed by atoms with Crippen LogP contribution in [0, 0.1) is 0 Å². The topological polar surface area (TPSA) is 64.3 Å². The summed E-state index contributed by atoms with van der Waals surface area (Å²) in [6, 6.07) is 5.05. The maximum absolute atomic E-state index is 11.5. The van der Waals surface area contributed by atoms with E-state index in [-0.39, 0.29) is 18.6 Å². The third kappa shape index (κ3) is 4.53. The summed E-state index contributed by atoms with van der Waals surface area (Å²) in [5.74, 6) is 0.299. The average molecular weight is 257 g/mol. The van der Waals surface area contributed by atoms with Crippen molar-refractivity contribution in [1.82, 2.24) is 5.32 Å². The highest BCUT2D eigenvalue weighted by Crippen LogP contribution is 2.26. The van der Waals surface area contributed by atoms with E-state index in [1.165, 1.54) is 0 Å². The minimum atomic E-state index is -0.160. The number of carbonyl (C=O) groups is 1. The third-order valence-electron chi connectivity index (χ3n) is 2.33. The van der Waals surface area contributed by atoms with Crippen molar-refractivity contribution in [3.63, 3.8) is 0 Å². The summed E-state index contributed by atoms with van der Waals surface area (Å²) in [5.41, 5.74) is 6.11. The summed E-state index contributed by atoms with van der Waals surface area (Å²) >= 11 is 5.91. The Morgan fingerprint density at radius 3 is 2.88 bits per heavy atom. The van der Waals surface area contributed by atoms with E-state index in [1.54, 1.807) is 18.2 Å². The molecule has 1 atom stereocenters. The van der Waals surface area contributed by atoms with Gasteiger partial charge in [0.15, 0.2) is 6.61 Å². The van der Waals surface area contributed by atoms with Crippen LogP contribution < -0.4 is 15.8 Å². The number of benzene rings is 1. The zero-order valence-corrected chi connectivity index (χ0v) is 10.8. The molecular weight excluding hydrogens is 240 g/mol. The Kier molecular flexibility index (Phi) is 5.10. The summed E-state index contributed by atoms with van der Waals surface area (Å²) in [5, 5.41) is 3.20. The number of amides is 1. The largest absolute Gasteiger partial charge is 0.482 e. The molecule has 1 rings (SSSR count). The second kappa shape index (κ2) is 6.35.